The summed E-state index contributed by atoms with van der Waals surface area (Å²) in [6.07, 6.45) is 2.97. The fourth-order valence-corrected chi connectivity index (χ4v) is 1.96. The van der Waals surface area contributed by atoms with Crippen LogP contribution in [0.1, 0.15) is 24.8 Å². The molecule has 20 heavy (non-hydrogen) atoms. The monoisotopic (exact) mass is 276 g/mol. The molecule has 1 aromatic carbocycles. The highest BCUT2D eigenvalue weighted by molar-refractivity contribution is 5.95. The molecule has 0 saturated carbocycles. The van der Waals surface area contributed by atoms with Crippen LogP contribution in [0.5, 0.6) is 0 Å². The highest BCUT2D eigenvalue weighted by atomic mass is 19.1. The van der Waals surface area contributed by atoms with Crippen LogP contribution in [-0.2, 0) is 4.79 Å². The molecular weight excluding hydrogens is 262 g/mol. The molecule has 1 N–H and O–H groups in total. The number of anilines is 1. The minimum atomic E-state index is -0.588. The second kappa shape index (κ2) is 6.23. The molecule has 1 amide bonds. The topological polar surface area (TPSA) is 42.0 Å². The molecule has 0 radical (unpaired) electrons. The largest absolute Gasteiger partial charge is 0.323 e. The molecule has 0 aliphatic carbocycles. The third kappa shape index (κ3) is 3.17. The smallest absolute Gasteiger partial charge is 0.231 e. The first-order valence-corrected chi connectivity index (χ1v) is 6.27. The van der Waals surface area contributed by atoms with Crippen LogP contribution in [0.4, 0.5) is 14.5 Å². The van der Waals surface area contributed by atoms with Crippen LogP contribution in [-0.4, -0.2) is 10.9 Å². The van der Waals surface area contributed by atoms with Gasteiger partial charge in [0.25, 0.3) is 0 Å². The van der Waals surface area contributed by atoms with Crippen molar-refractivity contribution in [3.63, 3.8) is 0 Å². The molecule has 1 heterocycles. The maximum absolute atomic E-state index is 13.4. The van der Waals surface area contributed by atoms with Gasteiger partial charge in [-0.1, -0.05) is 19.1 Å². The molecule has 0 fully saturated rings. The van der Waals surface area contributed by atoms with Crippen molar-refractivity contribution in [2.75, 3.05) is 5.32 Å². The molecule has 0 bridgehead atoms. The van der Waals surface area contributed by atoms with Gasteiger partial charge >= 0.3 is 0 Å². The zero-order valence-corrected chi connectivity index (χ0v) is 10.9. The van der Waals surface area contributed by atoms with E-state index in [0.29, 0.717) is 12.0 Å². The van der Waals surface area contributed by atoms with Gasteiger partial charge in [0.1, 0.15) is 5.82 Å². The lowest BCUT2D eigenvalue weighted by Crippen LogP contribution is -2.21. The summed E-state index contributed by atoms with van der Waals surface area (Å²) in [6.45, 7) is 1.84. The Hall–Kier alpha value is -2.30. The van der Waals surface area contributed by atoms with E-state index in [0.717, 1.165) is 6.20 Å². The predicted molar refractivity (Wildman–Crippen MR) is 72.3 cm³/mol. The van der Waals surface area contributed by atoms with Crippen LogP contribution in [0.15, 0.2) is 42.7 Å². The van der Waals surface area contributed by atoms with Gasteiger partial charge in [-0.2, -0.15) is 0 Å². The van der Waals surface area contributed by atoms with Crippen molar-refractivity contribution in [2.45, 2.75) is 19.3 Å². The summed E-state index contributed by atoms with van der Waals surface area (Å²) in [5, 5.41) is 2.53. The van der Waals surface area contributed by atoms with Gasteiger partial charge in [-0.05, 0) is 30.2 Å². The molecule has 1 atom stereocenters. The second-order valence-corrected chi connectivity index (χ2v) is 4.36. The molecule has 2 rings (SSSR count). The van der Waals surface area contributed by atoms with Crippen LogP contribution in [0, 0.1) is 11.6 Å². The summed E-state index contributed by atoms with van der Waals surface area (Å²) < 4.78 is 26.3. The molecule has 104 valence electrons. The molecule has 0 aliphatic rings. The molecule has 0 unspecified atom stereocenters. The Morgan fingerprint density at radius 1 is 1.25 bits per heavy atom. The quantitative estimate of drug-likeness (QED) is 0.928. The van der Waals surface area contributed by atoms with Gasteiger partial charge in [0.05, 0.1) is 17.8 Å². The lowest BCUT2D eigenvalue weighted by molar-refractivity contribution is -0.117. The first kappa shape index (κ1) is 14.1. The van der Waals surface area contributed by atoms with Gasteiger partial charge in [-0.3, -0.25) is 9.78 Å². The van der Waals surface area contributed by atoms with E-state index in [2.05, 4.69) is 10.3 Å². The standard InChI is InChI=1S/C15H14F2N2O/c1-2-12(10-3-5-11(16)6-4-10)15(20)19-14-7-8-18-9-13(14)17/h3-9,12H,2H2,1H3,(H,18,19,20)/t12-/m0/s1. The maximum Gasteiger partial charge on any atom is 0.231 e. The SMILES string of the molecule is CC[C@H](C(=O)Nc1ccncc1F)c1ccc(F)cc1. The molecule has 0 saturated heterocycles. The molecule has 1 aromatic heterocycles. The Bertz CT molecular complexity index is 599. The zero-order valence-electron chi connectivity index (χ0n) is 10.9. The number of pyridine rings is 1. The number of halogens is 2. The number of amides is 1. The number of benzene rings is 1. The van der Waals surface area contributed by atoms with E-state index in [1.165, 1.54) is 24.4 Å². The van der Waals surface area contributed by atoms with Gasteiger partial charge < -0.3 is 5.32 Å². The average molecular weight is 276 g/mol. The summed E-state index contributed by atoms with van der Waals surface area (Å²) in [7, 11) is 0. The van der Waals surface area contributed by atoms with Crippen LogP contribution < -0.4 is 5.32 Å². The van der Waals surface area contributed by atoms with E-state index < -0.39 is 11.7 Å². The van der Waals surface area contributed by atoms with E-state index in [1.54, 1.807) is 12.1 Å². The van der Waals surface area contributed by atoms with Gasteiger partial charge in [0.2, 0.25) is 5.91 Å². The number of nitrogens with one attached hydrogen (secondary N) is 1. The fraction of sp³-hybridized carbons (Fsp3) is 0.200. The van der Waals surface area contributed by atoms with E-state index in [4.69, 9.17) is 0 Å². The minimum absolute atomic E-state index is 0.0885. The molecule has 5 heteroatoms. The third-order valence-electron chi connectivity index (χ3n) is 3.03. The van der Waals surface area contributed by atoms with E-state index in [-0.39, 0.29) is 17.4 Å². The van der Waals surface area contributed by atoms with Gasteiger partial charge in [0.15, 0.2) is 5.82 Å². The Balaban J connectivity index is 2.18. The van der Waals surface area contributed by atoms with E-state index >= 15 is 0 Å². The summed E-state index contributed by atoms with van der Waals surface area (Å²) >= 11 is 0. The number of hydrogen-bond donors (Lipinski definition) is 1. The van der Waals surface area contributed by atoms with Crippen molar-refractivity contribution in [1.29, 1.82) is 0 Å². The van der Waals surface area contributed by atoms with Crippen LogP contribution >= 0.6 is 0 Å². The van der Waals surface area contributed by atoms with E-state index in [9.17, 15) is 13.6 Å². The van der Waals surface area contributed by atoms with Gasteiger partial charge in [-0.15, -0.1) is 0 Å². The maximum atomic E-state index is 13.4. The zero-order chi connectivity index (χ0) is 14.5. The number of carbonyl (C=O) groups is 1. The normalized spacial score (nSPS) is 11.9. The van der Waals surface area contributed by atoms with Crippen molar-refractivity contribution < 1.29 is 13.6 Å². The summed E-state index contributed by atoms with van der Waals surface area (Å²) in [5.41, 5.74) is 0.784. The summed E-state index contributed by atoms with van der Waals surface area (Å²) in [6, 6.07) is 7.12. The number of rotatable bonds is 4. The fourth-order valence-electron chi connectivity index (χ4n) is 1.96. The highest BCUT2D eigenvalue weighted by Crippen LogP contribution is 2.22. The van der Waals surface area contributed by atoms with Crippen molar-refractivity contribution in [2.24, 2.45) is 0 Å². The van der Waals surface area contributed by atoms with Crippen molar-refractivity contribution >= 4 is 11.6 Å². The third-order valence-corrected chi connectivity index (χ3v) is 3.03. The predicted octanol–water partition coefficient (Wildman–Crippen LogP) is 3.49. The highest BCUT2D eigenvalue weighted by Gasteiger charge is 2.19. The number of carbonyl (C=O) groups excluding carboxylic acids is 1. The van der Waals surface area contributed by atoms with Crippen molar-refractivity contribution in [3.05, 3.63) is 59.9 Å². The first-order valence-electron chi connectivity index (χ1n) is 6.27. The number of nitrogens with zero attached hydrogens (tertiary/aromatic N) is 1. The second-order valence-electron chi connectivity index (χ2n) is 4.36. The van der Waals surface area contributed by atoms with Crippen LogP contribution in [0.3, 0.4) is 0 Å². The Labute approximate surface area is 115 Å². The summed E-state index contributed by atoms with van der Waals surface area (Å²) in [4.78, 5) is 15.8. The number of hydrogen-bond acceptors (Lipinski definition) is 2. The van der Waals surface area contributed by atoms with Crippen molar-refractivity contribution in [3.8, 4) is 0 Å². The lowest BCUT2D eigenvalue weighted by Gasteiger charge is -2.15. The molecular formula is C15H14F2N2O. The molecule has 3 nitrogen and oxygen atoms in total. The average Bonchev–Trinajstić information content (AvgIpc) is 2.44. The number of aromatic nitrogens is 1. The Morgan fingerprint density at radius 2 is 1.95 bits per heavy atom. The van der Waals surface area contributed by atoms with E-state index in [1.807, 2.05) is 6.92 Å². The Morgan fingerprint density at radius 3 is 2.55 bits per heavy atom. The van der Waals surface area contributed by atoms with Gasteiger partial charge in [-0.25, -0.2) is 8.78 Å². The lowest BCUT2D eigenvalue weighted by atomic mass is 9.95. The summed E-state index contributed by atoms with van der Waals surface area (Å²) in [5.74, 6) is -1.73. The van der Waals surface area contributed by atoms with Gasteiger partial charge in [0, 0.05) is 6.20 Å². The van der Waals surface area contributed by atoms with Crippen LogP contribution in [0.25, 0.3) is 0 Å². The van der Waals surface area contributed by atoms with Crippen LogP contribution in [0.2, 0.25) is 0 Å². The van der Waals surface area contributed by atoms with Crippen molar-refractivity contribution in [1.82, 2.24) is 4.98 Å². The minimum Gasteiger partial charge on any atom is -0.323 e. The Kier molecular flexibility index (Phi) is 4.40. The molecule has 0 aliphatic heterocycles. The first-order chi connectivity index (χ1) is 9.61. The molecule has 2 aromatic rings. The molecule has 0 spiro atoms.